The van der Waals surface area contributed by atoms with E-state index in [4.69, 9.17) is 15.8 Å². The zero-order chi connectivity index (χ0) is 25.4. The Bertz CT molecular complexity index is 1440. The van der Waals surface area contributed by atoms with E-state index in [2.05, 4.69) is 15.0 Å². The van der Waals surface area contributed by atoms with E-state index in [9.17, 15) is 14.4 Å². The first kappa shape index (κ1) is 23.3. The number of imide groups is 1. The fraction of sp³-hybridized carbons (Fsp3) is 0.250. The molecule has 1 saturated heterocycles. The minimum Gasteiger partial charge on any atom is -0.398 e. The molecule has 3 heterocycles. The van der Waals surface area contributed by atoms with Gasteiger partial charge in [0.05, 0.1) is 6.07 Å². The second-order valence-electron chi connectivity index (χ2n) is 8.19. The molecule has 2 N–H and O–H groups in total. The zero-order valence-corrected chi connectivity index (χ0v) is 20.1. The van der Waals surface area contributed by atoms with Crippen molar-refractivity contribution >= 4 is 56.4 Å². The molecular weight excluding hydrogens is 482 g/mol. The normalized spacial score (nSPS) is 15.9. The van der Waals surface area contributed by atoms with Crippen LogP contribution in [-0.2, 0) is 9.63 Å². The third-order valence-corrected chi connectivity index (χ3v) is 6.93. The Kier molecular flexibility index (Phi) is 5.99. The number of carbonyl (C=O) groups excluding carboxylic acids is 3. The smallest absolute Gasteiger partial charge is 0.278 e. The number of aromatic nitrogens is 1. The monoisotopic (exact) mass is 503 g/mol. The summed E-state index contributed by atoms with van der Waals surface area (Å²) in [6.45, 7) is 1.63. The van der Waals surface area contributed by atoms with Gasteiger partial charge < -0.3 is 20.4 Å². The topological polar surface area (TPSA) is 145 Å². The molecule has 182 valence electrons. The summed E-state index contributed by atoms with van der Waals surface area (Å²) in [7, 11) is 1.37. The van der Waals surface area contributed by atoms with Gasteiger partial charge in [0.2, 0.25) is 0 Å². The number of nitrogen functional groups attached to an aromatic ring is 1. The summed E-state index contributed by atoms with van der Waals surface area (Å²) in [6, 6.07) is 10.8. The number of nitrogens with two attached hydrogens (primary N) is 1. The molecule has 2 aromatic carbocycles. The third-order valence-electron chi connectivity index (χ3n) is 6.25. The quantitative estimate of drug-likeness (QED) is 0.240. The van der Waals surface area contributed by atoms with Crippen LogP contribution in [0.2, 0.25) is 0 Å². The van der Waals surface area contributed by atoms with Gasteiger partial charge in [-0.2, -0.15) is 5.26 Å². The van der Waals surface area contributed by atoms with E-state index >= 15 is 0 Å². The van der Waals surface area contributed by atoms with Crippen LogP contribution in [0.1, 0.15) is 26.4 Å². The standard InChI is InChI=1S/C24H21N7O4S/c1-35-28-20(17-13-36-24(26)27-17)23(34)30-11-9-29(10-12-30)18-6-5-16-19-14(18)3-2-4-15(19)21(32)31(8-7-25)22(16)33/h2-6,13H,8-12H2,1H3,(H2,26,27)/b28-20-. The predicted octanol–water partition coefficient (Wildman–Crippen LogP) is 1.70. The van der Waals surface area contributed by atoms with Gasteiger partial charge >= 0.3 is 0 Å². The van der Waals surface area contributed by atoms with E-state index in [-0.39, 0.29) is 18.2 Å². The minimum atomic E-state index is -0.472. The van der Waals surface area contributed by atoms with Crippen molar-refractivity contribution in [1.82, 2.24) is 14.8 Å². The maximum Gasteiger partial charge on any atom is 0.278 e. The average Bonchev–Trinajstić information content (AvgIpc) is 3.33. The highest BCUT2D eigenvalue weighted by Gasteiger charge is 2.34. The highest BCUT2D eigenvalue weighted by Crippen LogP contribution is 2.36. The Hall–Kier alpha value is -4.50. The largest absolute Gasteiger partial charge is 0.398 e. The van der Waals surface area contributed by atoms with Crippen molar-refractivity contribution in [2.45, 2.75) is 0 Å². The lowest BCUT2D eigenvalue weighted by Gasteiger charge is -2.37. The molecule has 11 nitrogen and oxygen atoms in total. The molecule has 0 aliphatic carbocycles. The molecule has 1 aromatic heterocycles. The van der Waals surface area contributed by atoms with Crippen molar-refractivity contribution in [3.63, 3.8) is 0 Å². The molecule has 0 radical (unpaired) electrons. The van der Waals surface area contributed by atoms with Gasteiger partial charge in [-0.1, -0.05) is 17.3 Å². The second kappa shape index (κ2) is 9.27. The van der Waals surface area contributed by atoms with Gasteiger partial charge in [-0.25, -0.2) is 4.98 Å². The lowest BCUT2D eigenvalue weighted by Crippen LogP contribution is -2.51. The van der Waals surface area contributed by atoms with Gasteiger partial charge in [0.15, 0.2) is 10.8 Å². The molecule has 36 heavy (non-hydrogen) atoms. The first-order valence-electron chi connectivity index (χ1n) is 11.1. The SMILES string of the molecule is CO/N=C(\C(=O)N1CCN(c2ccc3c4c(cccc24)C(=O)N(CC#N)C3=O)CC1)c1csc(N)n1. The van der Waals surface area contributed by atoms with Crippen LogP contribution in [0.5, 0.6) is 0 Å². The molecule has 0 spiro atoms. The fourth-order valence-corrected chi connectivity index (χ4v) is 5.15. The van der Waals surface area contributed by atoms with Crippen molar-refractivity contribution in [2.24, 2.45) is 5.16 Å². The molecule has 3 aromatic rings. The van der Waals surface area contributed by atoms with Gasteiger partial charge in [0, 0.05) is 59.1 Å². The number of nitriles is 1. The van der Waals surface area contributed by atoms with Crippen LogP contribution in [-0.4, -0.2) is 78.1 Å². The van der Waals surface area contributed by atoms with Crippen LogP contribution in [0, 0.1) is 11.3 Å². The number of amides is 3. The van der Waals surface area contributed by atoms with Gasteiger partial charge in [0.25, 0.3) is 17.7 Å². The number of anilines is 2. The van der Waals surface area contributed by atoms with Crippen molar-refractivity contribution in [1.29, 1.82) is 5.26 Å². The summed E-state index contributed by atoms with van der Waals surface area (Å²) >= 11 is 1.22. The van der Waals surface area contributed by atoms with E-state index in [0.29, 0.717) is 53.5 Å². The number of oxime groups is 1. The fourth-order valence-electron chi connectivity index (χ4n) is 4.60. The van der Waals surface area contributed by atoms with Crippen LogP contribution in [0.15, 0.2) is 40.9 Å². The Labute approximate surface area is 209 Å². The molecule has 1 fully saturated rings. The van der Waals surface area contributed by atoms with Crippen molar-refractivity contribution in [2.75, 3.05) is 50.5 Å². The van der Waals surface area contributed by atoms with Crippen LogP contribution in [0.4, 0.5) is 10.8 Å². The summed E-state index contributed by atoms with van der Waals surface area (Å²) in [6.07, 6.45) is 0. The van der Waals surface area contributed by atoms with Crippen LogP contribution in [0.3, 0.4) is 0 Å². The number of hydrogen-bond donors (Lipinski definition) is 1. The number of nitrogens with zero attached hydrogens (tertiary/aromatic N) is 6. The highest BCUT2D eigenvalue weighted by atomic mass is 32.1. The van der Waals surface area contributed by atoms with E-state index in [1.807, 2.05) is 18.2 Å². The number of benzene rings is 2. The number of thiazole rings is 1. The molecular formula is C24H21N7O4S. The molecule has 3 amide bonds. The Morgan fingerprint density at radius 3 is 2.53 bits per heavy atom. The Morgan fingerprint density at radius 1 is 1.17 bits per heavy atom. The summed E-state index contributed by atoms with van der Waals surface area (Å²) in [5, 5.41) is 16.3. The Morgan fingerprint density at radius 2 is 1.89 bits per heavy atom. The molecule has 2 aliphatic rings. The minimum absolute atomic E-state index is 0.0967. The van der Waals surface area contributed by atoms with Crippen molar-refractivity contribution in [3.05, 3.63) is 52.5 Å². The summed E-state index contributed by atoms with van der Waals surface area (Å²) in [4.78, 5) is 52.8. The van der Waals surface area contributed by atoms with Crippen molar-refractivity contribution < 1.29 is 19.2 Å². The summed E-state index contributed by atoms with van der Waals surface area (Å²) in [5.74, 6) is -1.24. The molecule has 2 aliphatic heterocycles. The molecule has 0 bridgehead atoms. The molecule has 12 heteroatoms. The third kappa shape index (κ3) is 3.79. The van der Waals surface area contributed by atoms with Gasteiger partial charge in [-0.3, -0.25) is 19.3 Å². The van der Waals surface area contributed by atoms with Gasteiger partial charge in [0.1, 0.15) is 19.3 Å². The van der Waals surface area contributed by atoms with Crippen LogP contribution >= 0.6 is 11.3 Å². The average molecular weight is 504 g/mol. The zero-order valence-electron chi connectivity index (χ0n) is 19.3. The van der Waals surface area contributed by atoms with E-state index in [0.717, 1.165) is 16.0 Å². The first-order chi connectivity index (χ1) is 17.4. The van der Waals surface area contributed by atoms with Gasteiger partial charge in [-0.15, -0.1) is 11.3 Å². The van der Waals surface area contributed by atoms with Crippen molar-refractivity contribution in [3.8, 4) is 6.07 Å². The number of rotatable bonds is 5. The lowest BCUT2D eigenvalue weighted by molar-refractivity contribution is -0.124. The number of hydrogen-bond acceptors (Lipinski definition) is 10. The Balaban J connectivity index is 1.40. The number of carbonyl (C=O) groups is 3. The number of piperazine rings is 1. The van der Waals surface area contributed by atoms with Crippen LogP contribution < -0.4 is 10.6 Å². The summed E-state index contributed by atoms with van der Waals surface area (Å²) < 4.78 is 0. The lowest BCUT2D eigenvalue weighted by atomic mass is 9.92. The molecule has 0 saturated carbocycles. The molecule has 0 unspecified atom stereocenters. The van der Waals surface area contributed by atoms with E-state index in [1.54, 1.807) is 28.5 Å². The maximum absolute atomic E-state index is 13.2. The molecule has 5 rings (SSSR count). The van der Waals surface area contributed by atoms with Gasteiger partial charge in [-0.05, 0) is 18.2 Å². The van der Waals surface area contributed by atoms with Crippen LogP contribution in [0.25, 0.3) is 10.8 Å². The maximum atomic E-state index is 13.2. The first-order valence-corrected chi connectivity index (χ1v) is 12.0. The highest BCUT2D eigenvalue weighted by molar-refractivity contribution is 7.13. The summed E-state index contributed by atoms with van der Waals surface area (Å²) in [5.41, 5.74) is 7.85. The second-order valence-corrected chi connectivity index (χ2v) is 9.08. The van der Waals surface area contributed by atoms with E-state index < -0.39 is 11.8 Å². The van der Waals surface area contributed by atoms with E-state index in [1.165, 1.54) is 18.4 Å². The predicted molar refractivity (Wildman–Crippen MR) is 134 cm³/mol. The molecule has 0 atom stereocenters.